The highest BCUT2D eigenvalue weighted by Gasteiger charge is 2.22. The average Bonchev–Trinajstić information content (AvgIpc) is 2.63. The molecule has 0 bridgehead atoms. The zero-order chi connectivity index (χ0) is 18.7. The summed E-state index contributed by atoms with van der Waals surface area (Å²) < 4.78 is 33.6. The number of benzene rings is 2. The standard InChI is InChI=1S/C20H22F2N2O2/c1-26-15-7-9-16(19(22)11-15)12-2-8-17(18(21)10-12)20(25)24-14-5-3-13(23)4-6-14/h2,7-11,13-14H,3-6,23H2,1H3,(H,24,25). The highest BCUT2D eigenvalue weighted by molar-refractivity contribution is 5.95. The van der Waals surface area contributed by atoms with Crippen molar-refractivity contribution in [1.29, 1.82) is 0 Å². The summed E-state index contributed by atoms with van der Waals surface area (Å²) in [6, 6.07) is 8.66. The molecule has 0 atom stereocenters. The summed E-state index contributed by atoms with van der Waals surface area (Å²) >= 11 is 0. The fraction of sp³-hybridized carbons (Fsp3) is 0.350. The molecule has 2 aromatic carbocycles. The van der Waals surface area contributed by atoms with E-state index in [1.165, 1.54) is 31.4 Å². The van der Waals surface area contributed by atoms with Crippen LogP contribution in [-0.4, -0.2) is 25.1 Å². The van der Waals surface area contributed by atoms with Crippen molar-refractivity contribution in [3.63, 3.8) is 0 Å². The molecule has 0 aromatic heterocycles. The lowest BCUT2D eigenvalue weighted by atomic mass is 9.91. The van der Waals surface area contributed by atoms with Gasteiger partial charge in [-0.05, 0) is 55.5 Å². The zero-order valence-corrected chi connectivity index (χ0v) is 14.6. The average molecular weight is 360 g/mol. The largest absolute Gasteiger partial charge is 0.497 e. The van der Waals surface area contributed by atoms with Gasteiger partial charge in [-0.25, -0.2) is 8.78 Å². The number of carbonyl (C=O) groups is 1. The first-order chi connectivity index (χ1) is 12.5. The first kappa shape index (κ1) is 18.3. The van der Waals surface area contributed by atoms with E-state index < -0.39 is 17.5 Å². The number of hydrogen-bond acceptors (Lipinski definition) is 3. The molecule has 26 heavy (non-hydrogen) atoms. The van der Waals surface area contributed by atoms with E-state index in [1.54, 1.807) is 12.1 Å². The van der Waals surface area contributed by atoms with Crippen LogP contribution in [0.4, 0.5) is 8.78 Å². The highest BCUT2D eigenvalue weighted by atomic mass is 19.1. The van der Waals surface area contributed by atoms with Crippen LogP contribution in [0.3, 0.4) is 0 Å². The molecular weight excluding hydrogens is 338 g/mol. The Morgan fingerprint density at radius 2 is 1.81 bits per heavy atom. The topological polar surface area (TPSA) is 64.3 Å². The van der Waals surface area contributed by atoms with Gasteiger partial charge < -0.3 is 15.8 Å². The third kappa shape index (κ3) is 4.02. The van der Waals surface area contributed by atoms with E-state index in [4.69, 9.17) is 10.5 Å². The minimum absolute atomic E-state index is 0.0143. The number of carbonyl (C=O) groups excluding carboxylic acids is 1. The Hall–Kier alpha value is -2.47. The van der Waals surface area contributed by atoms with Gasteiger partial charge in [0, 0.05) is 23.7 Å². The molecule has 4 nitrogen and oxygen atoms in total. The molecule has 3 N–H and O–H groups in total. The molecule has 0 spiro atoms. The summed E-state index contributed by atoms with van der Waals surface area (Å²) in [5.74, 6) is -1.26. The van der Waals surface area contributed by atoms with Crippen molar-refractivity contribution in [2.75, 3.05) is 7.11 Å². The number of nitrogens with one attached hydrogen (secondary N) is 1. The van der Waals surface area contributed by atoms with Gasteiger partial charge in [0.05, 0.1) is 12.7 Å². The first-order valence-electron chi connectivity index (χ1n) is 8.68. The molecule has 1 amide bonds. The van der Waals surface area contributed by atoms with Crippen LogP contribution < -0.4 is 15.8 Å². The zero-order valence-electron chi connectivity index (χ0n) is 14.6. The maximum Gasteiger partial charge on any atom is 0.254 e. The lowest BCUT2D eigenvalue weighted by Crippen LogP contribution is -2.40. The van der Waals surface area contributed by atoms with E-state index in [2.05, 4.69) is 5.32 Å². The van der Waals surface area contributed by atoms with E-state index in [0.717, 1.165) is 25.7 Å². The third-order valence-electron chi connectivity index (χ3n) is 4.81. The molecule has 1 fully saturated rings. The van der Waals surface area contributed by atoms with Gasteiger partial charge in [-0.15, -0.1) is 0 Å². The van der Waals surface area contributed by atoms with Gasteiger partial charge in [0.25, 0.3) is 5.91 Å². The van der Waals surface area contributed by atoms with E-state index in [-0.39, 0.29) is 23.2 Å². The van der Waals surface area contributed by atoms with Gasteiger partial charge in [-0.3, -0.25) is 4.79 Å². The van der Waals surface area contributed by atoms with Gasteiger partial charge in [0.15, 0.2) is 0 Å². The first-order valence-corrected chi connectivity index (χ1v) is 8.68. The molecule has 0 saturated heterocycles. The summed E-state index contributed by atoms with van der Waals surface area (Å²) in [6.45, 7) is 0. The fourth-order valence-electron chi connectivity index (χ4n) is 3.25. The van der Waals surface area contributed by atoms with E-state index >= 15 is 0 Å². The Kier molecular flexibility index (Phi) is 5.52. The van der Waals surface area contributed by atoms with Crippen LogP contribution in [0.5, 0.6) is 5.75 Å². The molecule has 3 rings (SSSR count). The molecule has 6 heteroatoms. The Balaban J connectivity index is 1.76. The molecule has 1 saturated carbocycles. The van der Waals surface area contributed by atoms with E-state index in [0.29, 0.717) is 11.3 Å². The van der Waals surface area contributed by atoms with Crippen LogP contribution in [0, 0.1) is 11.6 Å². The fourth-order valence-corrected chi connectivity index (χ4v) is 3.25. The van der Waals surface area contributed by atoms with Gasteiger partial charge in [-0.2, -0.15) is 0 Å². The van der Waals surface area contributed by atoms with Gasteiger partial charge in [0.2, 0.25) is 0 Å². The Morgan fingerprint density at radius 3 is 2.42 bits per heavy atom. The molecule has 0 unspecified atom stereocenters. The summed E-state index contributed by atoms with van der Waals surface area (Å²) in [7, 11) is 1.45. The van der Waals surface area contributed by atoms with E-state index in [9.17, 15) is 13.6 Å². The molecule has 1 aliphatic carbocycles. The molecular formula is C20H22F2N2O2. The smallest absolute Gasteiger partial charge is 0.254 e. The van der Waals surface area contributed by atoms with Crippen molar-refractivity contribution in [3.05, 3.63) is 53.6 Å². The summed E-state index contributed by atoms with van der Waals surface area (Å²) in [5.41, 5.74) is 6.42. The molecule has 0 aliphatic heterocycles. The van der Waals surface area contributed by atoms with Crippen LogP contribution in [-0.2, 0) is 0 Å². The highest BCUT2D eigenvalue weighted by Crippen LogP contribution is 2.28. The van der Waals surface area contributed by atoms with Crippen molar-refractivity contribution in [1.82, 2.24) is 5.32 Å². The SMILES string of the molecule is COc1ccc(-c2ccc(C(=O)NC3CCC(N)CC3)c(F)c2)c(F)c1. The van der Waals surface area contributed by atoms with Gasteiger partial charge >= 0.3 is 0 Å². The maximum absolute atomic E-state index is 14.5. The number of halogens is 2. The van der Waals surface area contributed by atoms with Crippen LogP contribution in [0.15, 0.2) is 36.4 Å². The second-order valence-electron chi connectivity index (χ2n) is 6.63. The van der Waals surface area contributed by atoms with Crippen LogP contribution in [0.25, 0.3) is 11.1 Å². The van der Waals surface area contributed by atoms with Crippen LogP contribution in [0.2, 0.25) is 0 Å². The number of methoxy groups -OCH3 is 1. The van der Waals surface area contributed by atoms with Crippen molar-refractivity contribution in [3.8, 4) is 16.9 Å². The number of rotatable bonds is 4. The molecule has 138 valence electrons. The second-order valence-corrected chi connectivity index (χ2v) is 6.63. The molecule has 0 heterocycles. The van der Waals surface area contributed by atoms with Crippen LogP contribution >= 0.6 is 0 Å². The minimum atomic E-state index is -0.678. The quantitative estimate of drug-likeness (QED) is 0.875. The molecule has 2 aromatic rings. The van der Waals surface area contributed by atoms with Crippen molar-refractivity contribution in [2.45, 2.75) is 37.8 Å². The molecule has 0 radical (unpaired) electrons. The Morgan fingerprint density at radius 1 is 1.08 bits per heavy atom. The number of nitrogens with two attached hydrogens (primary N) is 1. The number of ether oxygens (including phenoxy) is 1. The number of amides is 1. The Labute approximate surface area is 151 Å². The number of hydrogen-bond donors (Lipinski definition) is 2. The van der Waals surface area contributed by atoms with Gasteiger partial charge in [-0.1, -0.05) is 6.07 Å². The molecule has 1 aliphatic rings. The summed E-state index contributed by atoms with van der Waals surface area (Å²) in [4.78, 5) is 12.3. The lowest BCUT2D eigenvalue weighted by Gasteiger charge is -2.26. The lowest BCUT2D eigenvalue weighted by molar-refractivity contribution is 0.0922. The van der Waals surface area contributed by atoms with Gasteiger partial charge in [0.1, 0.15) is 17.4 Å². The normalized spacial score (nSPS) is 19.8. The predicted octanol–water partition coefficient (Wildman–Crippen LogP) is 3.64. The van der Waals surface area contributed by atoms with Crippen LogP contribution in [0.1, 0.15) is 36.0 Å². The maximum atomic E-state index is 14.5. The third-order valence-corrected chi connectivity index (χ3v) is 4.81. The predicted molar refractivity (Wildman–Crippen MR) is 96.0 cm³/mol. The monoisotopic (exact) mass is 360 g/mol. The summed E-state index contributed by atoms with van der Waals surface area (Å²) in [6.07, 6.45) is 3.29. The Bertz CT molecular complexity index is 802. The van der Waals surface area contributed by atoms with Crippen molar-refractivity contribution in [2.24, 2.45) is 5.73 Å². The second kappa shape index (κ2) is 7.83. The van der Waals surface area contributed by atoms with Crippen molar-refractivity contribution >= 4 is 5.91 Å². The van der Waals surface area contributed by atoms with E-state index in [1.807, 2.05) is 0 Å². The minimum Gasteiger partial charge on any atom is -0.497 e. The van der Waals surface area contributed by atoms with Crippen molar-refractivity contribution < 1.29 is 18.3 Å². The summed E-state index contributed by atoms with van der Waals surface area (Å²) in [5, 5.41) is 2.86.